The first kappa shape index (κ1) is 27.4. The number of carbonyl (C=O) groups excluding carboxylic acids is 1. The first-order valence-electron chi connectivity index (χ1n) is 11.2. The zero-order chi connectivity index (χ0) is 27.3. The predicted molar refractivity (Wildman–Crippen MR) is 139 cm³/mol. The molecule has 37 heavy (non-hydrogen) atoms. The van der Waals surface area contributed by atoms with E-state index < -0.39 is 35.8 Å². The summed E-state index contributed by atoms with van der Waals surface area (Å²) in [5.74, 6) is -0.541. The van der Waals surface area contributed by atoms with Crippen molar-refractivity contribution in [2.75, 3.05) is 19.5 Å². The van der Waals surface area contributed by atoms with Gasteiger partial charge in [0.25, 0.3) is 5.56 Å². The van der Waals surface area contributed by atoms with Crippen molar-refractivity contribution in [3.05, 3.63) is 80.2 Å². The van der Waals surface area contributed by atoms with Crippen molar-refractivity contribution >= 4 is 29.3 Å². The van der Waals surface area contributed by atoms with Gasteiger partial charge in [0.15, 0.2) is 5.69 Å². The molecule has 0 aliphatic heterocycles. The fourth-order valence-electron chi connectivity index (χ4n) is 3.87. The molecular formula is C26H28ClN3O7. The number of aromatic nitrogens is 1. The molecule has 2 amide bonds. The number of rotatable bonds is 9. The third kappa shape index (κ3) is 6.34. The number of carboxylic acid groups (broad SMARTS) is 1. The van der Waals surface area contributed by atoms with Crippen molar-refractivity contribution in [3.63, 3.8) is 0 Å². The minimum atomic E-state index is -1.14. The molecule has 2 aromatic carbocycles. The summed E-state index contributed by atoms with van der Waals surface area (Å²) in [6, 6.07) is 8.33. The number of methoxy groups -OCH3 is 2. The van der Waals surface area contributed by atoms with Crippen LogP contribution in [0.1, 0.15) is 34.7 Å². The number of aryl methyl sites for hydroxylation is 2. The lowest BCUT2D eigenvalue weighted by atomic mass is 10.0. The quantitative estimate of drug-likeness (QED) is 0.325. The van der Waals surface area contributed by atoms with Crippen LogP contribution in [0.5, 0.6) is 17.2 Å². The van der Waals surface area contributed by atoms with E-state index in [9.17, 15) is 24.6 Å². The molecule has 1 aromatic heterocycles. The lowest BCUT2D eigenvalue weighted by Gasteiger charge is -2.20. The van der Waals surface area contributed by atoms with Crippen LogP contribution in [-0.4, -0.2) is 41.0 Å². The van der Waals surface area contributed by atoms with Crippen LogP contribution in [0.15, 0.2) is 47.4 Å². The van der Waals surface area contributed by atoms with Crippen LogP contribution in [0.3, 0.4) is 0 Å². The highest BCUT2D eigenvalue weighted by Crippen LogP contribution is 2.29. The van der Waals surface area contributed by atoms with E-state index in [1.54, 1.807) is 43.3 Å². The van der Waals surface area contributed by atoms with Gasteiger partial charge in [0.1, 0.15) is 17.2 Å². The third-order valence-corrected chi connectivity index (χ3v) is 6.17. The number of carbonyl (C=O) groups is 2. The Morgan fingerprint density at radius 3 is 2.43 bits per heavy atom. The number of nitrogens with one attached hydrogen (secondary N) is 2. The lowest BCUT2D eigenvalue weighted by molar-refractivity contribution is -0.137. The van der Waals surface area contributed by atoms with Gasteiger partial charge in [-0.1, -0.05) is 29.8 Å². The van der Waals surface area contributed by atoms with Crippen LogP contribution < -0.4 is 25.7 Å². The number of aromatic hydroxyl groups is 1. The van der Waals surface area contributed by atoms with E-state index in [4.69, 9.17) is 21.1 Å². The predicted octanol–water partition coefficient (Wildman–Crippen LogP) is 4.23. The van der Waals surface area contributed by atoms with Crippen LogP contribution in [0.2, 0.25) is 5.02 Å². The fourth-order valence-corrected chi connectivity index (χ4v) is 4.09. The summed E-state index contributed by atoms with van der Waals surface area (Å²) < 4.78 is 11.9. The van der Waals surface area contributed by atoms with Crippen molar-refractivity contribution in [2.45, 2.75) is 32.9 Å². The smallest absolute Gasteiger partial charge is 0.319 e. The van der Waals surface area contributed by atoms with Gasteiger partial charge >= 0.3 is 12.0 Å². The number of anilines is 1. The van der Waals surface area contributed by atoms with E-state index in [1.165, 1.54) is 25.0 Å². The van der Waals surface area contributed by atoms with Crippen molar-refractivity contribution < 1.29 is 29.3 Å². The van der Waals surface area contributed by atoms with Gasteiger partial charge < -0.3 is 34.9 Å². The second-order valence-electron chi connectivity index (χ2n) is 8.37. The zero-order valence-corrected chi connectivity index (χ0v) is 21.5. The number of ether oxygens (including phenoxy) is 2. The molecular weight excluding hydrogens is 502 g/mol. The fraction of sp³-hybridized carbons (Fsp3) is 0.269. The molecule has 0 spiro atoms. The Kier molecular flexibility index (Phi) is 8.67. The SMILES string of the molecule is COc1cc([C@H](CC(=O)O)NC(=O)Nc2c(O)c(C)cn(Cc3c(Cl)cccc3OC)c2=O)ccc1C. The Bertz CT molecular complexity index is 1390. The van der Waals surface area contributed by atoms with Crippen LogP contribution in [0, 0.1) is 13.8 Å². The highest BCUT2D eigenvalue weighted by Gasteiger charge is 2.22. The monoisotopic (exact) mass is 529 g/mol. The summed E-state index contributed by atoms with van der Waals surface area (Å²) in [5.41, 5.74) is 1.16. The molecule has 3 rings (SSSR count). The van der Waals surface area contributed by atoms with E-state index in [0.29, 0.717) is 33.2 Å². The summed E-state index contributed by atoms with van der Waals surface area (Å²) in [5, 5.41) is 25.3. The summed E-state index contributed by atoms with van der Waals surface area (Å²) in [6.45, 7) is 3.42. The number of hydrogen-bond donors (Lipinski definition) is 4. The van der Waals surface area contributed by atoms with E-state index in [0.717, 1.165) is 5.56 Å². The first-order valence-corrected chi connectivity index (χ1v) is 11.6. The van der Waals surface area contributed by atoms with Gasteiger partial charge in [-0.3, -0.25) is 9.59 Å². The number of urea groups is 1. The first-order chi connectivity index (χ1) is 17.5. The average molecular weight is 530 g/mol. The molecule has 0 aliphatic carbocycles. The summed E-state index contributed by atoms with van der Waals surface area (Å²) in [7, 11) is 2.97. The molecule has 0 radical (unpaired) electrons. The topological polar surface area (TPSA) is 139 Å². The van der Waals surface area contributed by atoms with Crippen molar-refractivity contribution in [1.82, 2.24) is 9.88 Å². The number of hydrogen-bond acceptors (Lipinski definition) is 6. The number of aliphatic carboxylic acids is 1. The molecule has 0 unspecified atom stereocenters. The van der Waals surface area contributed by atoms with Crippen molar-refractivity contribution in [2.24, 2.45) is 0 Å². The Hall–Kier alpha value is -4.18. The number of amides is 2. The maximum atomic E-state index is 13.2. The number of pyridine rings is 1. The van der Waals surface area contributed by atoms with Gasteiger partial charge in [-0.2, -0.15) is 0 Å². The Balaban J connectivity index is 1.92. The Morgan fingerprint density at radius 1 is 1.08 bits per heavy atom. The normalized spacial score (nSPS) is 11.5. The van der Waals surface area contributed by atoms with Gasteiger partial charge in [-0.05, 0) is 43.2 Å². The zero-order valence-electron chi connectivity index (χ0n) is 20.8. The summed E-state index contributed by atoms with van der Waals surface area (Å²) >= 11 is 6.31. The van der Waals surface area contributed by atoms with E-state index in [2.05, 4.69) is 10.6 Å². The van der Waals surface area contributed by atoms with Gasteiger partial charge in [0.2, 0.25) is 0 Å². The maximum absolute atomic E-state index is 13.2. The van der Waals surface area contributed by atoms with Crippen molar-refractivity contribution in [3.8, 4) is 17.2 Å². The molecule has 1 heterocycles. The van der Waals surface area contributed by atoms with Crippen molar-refractivity contribution in [1.29, 1.82) is 0 Å². The second-order valence-corrected chi connectivity index (χ2v) is 8.77. The maximum Gasteiger partial charge on any atom is 0.319 e. The molecule has 0 aliphatic rings. The van der Waals surface area contributed by atoms with Crippen LogP contribution in [0.4, 0.5) is 10.5 Å². The highest BCUT2D eigenvalue weighted by atomic mass is 35.5. The van der Waals surface area contributed by atoms with E-state index >= 15 is 0 Å². The molecule has 0 bridgehead atoms. The summed E-state index contributed by atoms with van der Waals surface area (Å²) in [4.78, 5) is 37.6. The largest absolute Gasteiger partial charge is 0.505 e. The van der Waals surface area contributed by atoms with Crippen LogP contribution >= 0.6 is 11.6 Å². The van der Waals surface area contributed by atoms with Gasteiger partial charge in [-0.15, -0.1) is 0 Å². The average Bonchev–Trinajstić information content (AvgIpc) is 2.85. The molecule has 10 nitrogen and oxygen atoms in total. The Morgan fingerprint density at radius 2 is 1.78 bits per heavy atom. The molecule has 4 N–H and O–H groups in total. The standard InChI is InChI=1S/C26H28ClN3O7/c1-14-8-9-16(10-21(14)37-4)19(11-22(31)32)28-26(35)29-23-24(33)15(2)12-30(25(23)34)13-17-18(27)6-5-7-20(17)36-3/h5-10,12,19,33H,11,13H2,1-4H3,(H,31,32)(H2,28,29,35)/t19-/m0/s1. The number of halogens is 1. The number of nitrogens with zero attached hydrogens (tertiary/aromatic N) is 1. The van der Waals surface area contributed by atoms with Crippen LogP contribution in [0.25, 0.3) is 0 Å². The molecule has 0 saturated heterocycles. The molecule has 0 saturated carbocycles. The lowest BCUT2D eigenvalue weighted by Crippen LogP contribution is -2.36. The molecule has 196 valence electrons. The van der Waals surface area contributed by atoms with Crippen LogP contribution in [-0.2, 0) is 11.3 Å². The second kappa shape index (κ2) is 11.7. The Labute approximate surface area is 218 Å². The number of carboxylic acids is 1. The van der Waals surface area contributed by atoms with Gasteiger partial charge in [0, 0.05) is 22.3 Å². The van der Waals surface area contributed by atoms with E-state index in [-0.39, 0.29) is 12.2 Å². The molecule has 0 fully saturated rings. The molecule has 11 heteroatoms. The minimum absolute atomic E-state index is 0.0178. The van der Waals surface area contributed by atoms with E-state index in [1.807, 2.05) is 6.92 Å². The minimum Gasteiger partial charge on any atom is -0.505 e. The van der Waals surface area contributed by atoms with Gasteiger partial charge in [0.05, 0.1) is 33.2 Å². The highest BCUT2D eigenvalue weighted by molar-refractivity contribution is 6.31. The van der Waals surface area contributed by atoms with Gasteiger partial charge in [-0.25, -0.2) is 4.79 Å². The molecule has 1 atom stereocenters. The number of benzene rings is 2. The summed E-state index contributed by atoms with van der Waals surface area (Å²) in [6.07, 6.45) is 1.02. The molecule has 3 aromatic rings. The third-order valence-electron chi connectivity index (χ3n) is 5.82.